The molecule has 0 radical (unpaired) electrons. The molecular formula is C22H20ClN3O4. The molecule has 0 aliphatic heterocycles. The standard InChI is InChI=1S/C22H20ClN3O4/c1-4-9-28-15-7-5-14(6-8-15)19-21(26-30-25-19)24-22(27)20-13(3)16-11-17(23)12(2)10-18(16)29-20/h5-8,10-11H,4,9H2,1-3H3,(H,24,26,27). The van der Waals surface area contributed by atoms with Crippen LogP contribution in [0.25, 0.3) is 22.2 Å². The first kappa shape index (κ1) is 20.0. The van der Waals surface area contributed by atoms with Crippen molar-refractivity contribution in [1.29, 1.82) is 0 Å². The van der Waals surface area contributed by atoms with E-state index in [1.165, 1.54) is 0 Å². The van der Waals surface area contributed by atoms with Crippen LogP contribution in [0, 0.1) is 13.8 Å². The Hall–Kier alpha value is -3.32. The third kappa shape index (κ3) is 3.76. The number of hydrogen-bond acceptors (Lipinski definition) is 6. The van der Waals surface area contributed by atoms with E-state index in [1.54, 1.807) is 6.07 Å². The minimum absolute atomic E-state index is 0.184. The molecule has 30 heavy (non-hydrogen) atoms. The highest BCUT2D eigenvalue weighted by molar-refractivity contribution is 6.32. The zero-order chi connectivity index (χ0) is 21.3. The van der Waals surface area contributed by atoms with Gasteiger partial charge in [-0.25, -0.2) is 4.63 Å². The van der Waals surface area contributed by atoms with Crippen molar-refractivity contribution in [2.45, 2.75) is 27.2 Å². The molecule has 2 heterocycles. The molecule has 0 saturated carbocycles. The number of anilines is 1. The normalized spacial score (nSPS) is 11.1. The molecule has 8 heteroatoms. The van der Waals surface area contributed by atoms with E-state index < -0.39 is 5.91 Å². The number of fused-ring (bicyclic) bond motifs is 1. The van der Waals surface area contributed by atoms with Crippen molar-refractivity contribution in [3.63, 3.8) is 0 Å². The van der Waals surface area contributed by atoms with E-state index in [0.29, 0.717) is 28.5 Å². The number of halogens is 1. The zero-order valence-corrected chi connectivity index (χ0v) is 17.5. The lowest BCUT2D eigenvalue weighted by molar-refractivity contribution is 0.0997. The Labute approximate surface area is 177 Å². The van der Waals surface area contributed by atoms with Gasteiger partial charge in [0.05, 0.1) is 6.61 Å². The molecule has 2 aromatic carbocycles. The number of nitrogens with one attached hydrogen (secondary N) is 1. The van der Waals surface area contributed by atoms with Crippen molar-refractivity contribution in [2.24, 2.45) is 0 Å². The Morgan fingerprint density at radius 3 is 2.67 bits per heavy atom. The molecule has 4 rings (SSSR count). The van der Waals surface area contributed by atoms with Crippen LogP contribution in [0.2, 0.25) is 5.02 Å². The van der Waals surface area contributed by atoms with E-state index >= 15 is 0 Å². The first-order chi connectivity index (χ1) is 14.5. The lowest BCUT2D eigenvalue weighted by atomic mass is 10.1. The van der Waals surface area contributed by atoms with Crippen molar-refractivity contribution >= 4 is 34.3 Å². The third-order valence-corrected chi connectivity index (χ3v) is 5.15. The minimum Gasteiger partial charge on any atom is -0.494 e. The first-order valence-electron chi connectivity index (χ1n) is 9.54. The summed E-state index contributed by atoms with van der Waals surface area (Å²) in [6.07, 6.45) is 0.929. The average molecular weight is 426 g/mol. The van der Waals surface area contributed by atoms with Gasteiger partial charge in [-0.3, -0.25) is 10.1 Å². The second-order valence-electron chi connectivity index (χ2n) is 6.94. The number of ether oxygens (including phenoxy) is 1. The SMILES string of the molecule is CCCOc1ccc(-c2nonc2NC(=O)c2oc3cc(C)c(Cl)cc3c2C)cc1. The smallest absolute Gasteiger partial charge is 0.292 e. The molecule has 4 aromatic rings. The number of carbonyl (C=O) groups is 1. The Balaban J connectivity index is 1.59. The van der Waals surface area contributed by atoms with Crippen molar-refractivity contribution < 1.29 is 18.6 Å². The number of aromatic nitrogens is 2. The van der Waals surface area contributed by atoms with Gasteiger partial charge in [-0.15, -0.1) is 0 Å². The van der Waals surface area contributed by atoms with E-state index in [2.05, 4.69) is 15.6 Å². The predicted molar refractivity (Wildman–Crippen MR) is 114 cm³/mol. The lowest BCUT2D eigenvalue weighted by Crippen LogP contribution is -2.13. The molecule has 0 aliphatic carbocycles. The molecule has 0 atom stereocenters. The number of hydrogen-bond donors (Lipinski definition) is 1. The van der Waals surface area contributed by atoms with Gasteiger partial charge in [0.15, 0.2) is 11.5 Å². The van der Waals surface area contributed by atoms with Gasteiger partial charge in [0.25, 0.3) is 5.91 Å². The molecule has 0 unspecified atom stereocenters. The van der Waals surface area contributed by atoms with Crippen molar-refractivity contribution in [2.75, 3.05) is 11.9 Å². The highest BCUT2D eigenvalue weighted by Gasteiger charge is 2.22. The van der Waals surface area contributed by atoms with Crippen LogP contribution >= 0.6 is 11.6 Å². The maximum Gasteiger partial charge on any atom is 0.292 e. The summed E-state index contributed by atoms with van der Waals surface area (Å²) in [5.41, 5.74) is 3.32. The van der Waals surface area contributed by atoms with Gasteiger partial charge in [-0.1, -0.05) is 18.5 Å². The Morgan fingerprint density at radius 2 is 1.93 bits per heavy atom. The number of nitrogens with zero attached hydrogens (tertiary/aromatic N) is 2. The number of amides is 1. The van der Waals surface area contributed by atoms with E-state index in [9.17, 15) is 4.79 Å². The summed E-state index contributed by atoms with van der Waals surface area (Å²) in [5.74, 6) is 0.701. The summed E-state index contributed by atoms with van der Waals surface area (Å²) in [4.78, 5) is 12.9. The van der Waals surface area contributed by atoms with E-state index in [0.717, 1.165) is 28.7 Å². The van der Waals surface area contributed by atoms with Gasteiger partial charge >= 0.3 is 0 Å². The number of furan rings is 1. The maximum absolute atomic E-state index is 12.9. The molecular weight excluding hydrogens is 406 g/mol. The average Bonchev–Trinajstić information content (AvgIpc) is 3.32. The summed E-state index contributed by atoms with van der Waals surface area (Å²) in [6, 6.07) is 10.9. The van der Waals surface area contributed by atoms with Gasteiger partial charge in [0, 0.05) is 21.5 Å². The molecule has 0 bridgehead atoms. The highest BCUT2D eigenvalue weighted by atomic mass is 35.5. The fourth-order valence-corrected chi connectivity index (χ4v) is 3.27. The molecule has 1 N–H and O–H groups in total. The second-order valence-corrected chi connectivity index (χ2v) is 7.35. The largest absolute Gasteiger partial charge is 0.494 e. The van der Waals surface area contributed by atoms with E-state index in [1.807, 2.05) is 51.1 Å². The molecule has 0 aliphatic rings. The quantitative estimate of drug-likeness (QED) is 0.420. The van der Waals surface area contributed by atoms with E-state index in [4.69, 9.17) is 25.4 Å². The number of benzene rings is 2. The second kappa shape index (κ2) is 8.20. The third-order valence-electron chi connectivity index (χ3n) is 4.74. The van der Waals surface area contributed by atoms with Crippen LogP contribution in [0.3, 0.4) is 0 Å². The van der Waals surface area contributed by atoms with Gasteiger partial charge in [0.1, 0.15) is 11.3 Å². The van der Waals surface area contributed by atoms with Gasteiger partial charge in [0.2, 0.25) is 5.82 Å². The number of rotatable bonds is 6. The van der Waals surface area contributed by atoms with Crippen molar-refractivity contribution in [1.82, 2.24) is 10.3 Å². The molecule has 154 valence electrons. The monoisotopic (exact) mass is 425 g/mol. The molecule has 1 amide bonds. The van der Waals surface area contributed by atoms with Gasteiger partial charge < -0.3 is 9.15 Å². The van der Waals surface area contributed by atoms with Crippen LogP contribution in [-0.2, 0) is 0 Å². The minimum atomic E-state index is -0.447. The Morgan fingerprint density at radius 1 is 1.17 bits per heavy atom. The number of aryl methyl sites for hydroxylation is 2. The zero-order valence-electron chi connectivity index (χ0n) is 16.8. The highest BCUT2D eigenvalue weighted by Crippen LogP contribution is 2.31. The first-order valence-corrected chi connectivity index (χ1v) is 9.92. The molecule has 0 fully saturated rings. The van der Waals surface area contributed by atoms with Crippen LogP contribution in [-0.4, -0.2) is 22.8 Å². The van der Waals surface area contributed by atoms with Crippen LogP contribution in [0.4, 0.5) is 5.82 Å². The maximum atomic E-state index is 12.9. The summed E-state index contributed by atoms with van der Waals surface area (Å²) < 4.78 is 16.2. The topological polar surface area (TPSA) is 90.4 Å². The molecule has 0 saturated heterocycles. The van der Waals surface area contributed by atoms with Crippen molar-refractivity contribution in [3.8, 4) is 17.0 Å². The number of carbonyl (C=O) groups excluding carboxylic acids is 1. The summed E-state index contributed by atoms with van der Waals surface area (Å²) in [5, 5.41) is 11.9. The van der Waals surface area contributed by atoms with Crippen LogP contribution < -0.4 is 10.1 Å². The van der Waals surface area contributed by atoms with Gasteiger partial charge in [-0.2, -0.15) is 0 Å². The fourth-order valence-electron chi connectivity index (χ4n) is 3.11. The Bertz CT molecular complexity index is 1210. The van der Waals surface area contributed by atoms with Gasteiger partial charge in [-0.05, 0) is 72.5 Å². The summed E-state index contributed by atoms with van der Waals surface area (Å²) in [6.45, 7) is 6.38. The predicted octanol–water partition coefficient (Wildman–Crippen LogP) is 5.79. The van der Waals surface area contributed by atoms with Crippen LogP contribution in [0.1, 0.15) is 35.0 Å². The molecule has 2 aromatic heterocycles. The summed E-state index contributed by atoms with van der Waals surface area (Å²) in [7, 11) is 0. The van der Waals surface area contributed by atoms with E-state index in [-0.39, 0.29) is 11.6 Å². The lowest BCUT2D eigenvalue weighted by Gasteiger charge is -2.05. The summed E-state index contributed by atoms with van der Waals surface area (Å²) >= 11 is 6.21. The fraction of sp³-hybridized carbons (Fsp3) is 0.227. The van der Waals surface area contributed by atoms with Crippen molar-refractivity contribution in [3.05, 3.63) is 58.3 Å². The van der Waals surface area contributed by atoms with Crippen LogP contribution in [0.15, 0.2) is 45.4 Å². The van der Waals surface area contributed by atoms with Crippen LogP contribution in [0.5, 0.6) is 5.75 Å². The Kier molecular flexibility index (Phi) is 5.46. The molecule has 0 spiro atoms. The molecule has 7 nitrogen and oxygen atoms in total.